The third-order valence-electron chi connectivity index (χ3n) is 4.61. The van der Waals surface area contributed by atoms with Gasteiger partial charge >= 0.3 is 5.97 Å². The standard InChI is InChI=1S/C22H22N4O4S/c1-2-3-12-31-22-24-21-19(25-26-22)16-6-4-5-7-17(16)23-20(30-21)14-8-10-15(11-9-14)29-13-18(27)28/h4-11,20,23H,2-3,12-13H2,1H3,(H,27,28)/t20-/m0/s1. The highest BCUT2D eigenvalue weighted by Crippen LogP contribution is 2.39. The van der Waals surface area contributed by atoms with Gasteiger partial charge in [-0.15, -0.1) is 10.2 Å². The van der Waals surface area contributed by atoms with E-state index in [1.54, 1.807) is 23.9 Å². The molecule has 0 radical (unpaired) electrons. The summed E-state index contributed by atoms with van der Waals surface area (Å²) in [6.45, 7) is 1.75. The Hall–Kier alpha value is -3.33. The fourth-order valence-corrected chi connectivity index (χ4v) is 3.91. The SMILES string of the molecule is CCCCSc1nnc2c(n1)O[C@@H](c1ccc(OCC(=O)O)cc1)Nc1ccccc1-2. The Balaban J connectivity index is 1.63. The third kappa shape index (κ3) is 5.05. The monoisotopic (exact) mass is 438 g/mol. The van der Waals surface area contributed by atoms with Crippen LogP contribution in [-0.2, 0) is 4.79 Å². The van der Waals surface area contributed by atoms with Crippen LogP contribution >= 0.6 is 11.8 Å². The van der Waals surface area contributed by atoms with Gasteiger partial charge in [-0.1, -0.05) is 43.3 Å². The molecule has 1 aliphatic rings. The molecule has 9 heteroatoms. The highest BCUT2D eigenvalue weighted by Gasteiger charge is 2.26. The molecule has 0 fully saturated rings. The number of anilines is 1. The number of carbonyl (C=O) groups is 1. The summed E-state index contributed by atoms with van der Waals surface area (Å²) < 4.78 is 11.5. The Kier molecular flexibility index (Phi) is 6.51. The number of carboxylic acids is 1. The summed E-state index contributed by atoms with van der Waals surface area (Å²) in [7, 11) is 0. The number of benzene rings is 2. The Labute approximate surface area is 184 Å². The lowest BCUT2D eigenvalue weighted by Gasteiger charge is -2.19. The molecule has 1 aliphatic heterocycles. The molecule has 3 aromatic rings. The van der Waals surface area contributed by atoms with Crippen molar-refractivity contribution in [3.05, 3.63) is 54.1 Å². The molecule has 0 aliphatic carbocycles. The first-order chi connectivity index (χ1) is 15.1. The molecule has 1 atom stereocenters. The molecule has 31 heavy (non-hydrogen) atoms. The van der Waals surface area contributed by atoms with Gasteiger partial charge < -0.3 is 19.9 Å². The smallest absolute Gasteiger partial charge is 0.341 e. The van der Waals surface area contributed by atoms with Gasteiger partial charge in [0.2, 0.25) is 11.0 Å². The second kappa shape index (κ2) is 9.65. The largest absolute Gasteiger partial charge is 0.482 e. The van der Waals surface area contributed by atoms with E-state index < -0.39 is 12.2 Å². The fraction of sp³-hybridized carbons (Fsp3) is 0.273. The number of rotatable bonds is 8. The maximum Gasteiger partial charge on any atom is 0.341 e. The summed E-state index contributed by atoms with van der Waals surface area (Å²) in [6.07, 6.45) is 1.67. The summed E-state index contributed by atoms with van der Waals surface area (Å²) in [4.78, 5) is 15.3. The van der Waals surface area contributed by atoms with Crippen LogP contribution in [-0.4, -0.2) is 38.6 Å². The van der Waals surface area contributed by atoms with Gasteiger partial charge in [0.1, 0.15) is 5.75 Å². The second-order valence-corrected chi connectivity index (χ2v) is 7.95. The van der Waals surface area contributed by atoms with Crippen LogP contribution in [0.25, 0.3) is 11.3 Å². The normalized spacial score (nSPS) is 14.4. The molecular formula is C22H22N4O4S. The molecule has 4 rings (SSSR count). The zero-order chi connectivity index (χ0) is 21.6. The van der Waals surface area contributed by atoms with Crippen molar-refractivity contribution >= 4 is 23.4 Å². The fourth-order valence-electron chi connectivity index (χ4n) is 3.05. The van der Waals surface area contributed by atoms with Gasteiger partial charge in [0, 0.05) is 22.6 Å². The van der Waals surface area contributed by atoms with Gasteiger partial charge in [-0.3, -0.25) is 0 Å². The van der Waals surface area contributed by atoms with Crippen molar-refractivity contribution < 1.29 is 19.4 Å². The number of fused-ring (bicyclic) bond motifs is 3. The molecule has 0 amide bonds. The average Bonchev–Trinajstić information content (AvgIpc) is 2.95. The van der Waals surface area contributed by atoms with Crippen molar-refractivity contribution in [1.82, 2.24) is 15.2 Å². The van der Waals surface area contributed by atoms with Gasteiger partial charge in [-0.25, -0.2) is 4.79 Å². The lowest BCUT2D eigenvalue weighted by Crippen LogP contribution is -2.17. The first-order valence-electron chi connectivity index (χ1n) is 9.98. The lowest BCUT2D eigenvalue weighted by atomic mass is 10.1. The van der Waals surface area contributed by atoms with Crippen molar-refractivity contribution in [1.29, 1.82) is 0 Å². The Bertz CT molecular complexity index is 1060. The molecule has 0 saturated carbocycles. The molecule has 160 valence electrons. The van der Waals surface area contributed by atoms with E-state index in [-0.39, 0.29) is 6.61 Å². The molecule has 1 aromatic heterocycles. The van der Waals surface area contributed by atoms with Crippen LogP contribution in [0.15, 0.2) is 53.7 Å². The minimum absolute atomic E-state index is 0.390. The van der Waals surface area contributed by atoms with E-state index in [0.29, 0.717) is 22.5 Å². The van der Waals surface area contributed by atoms with Crippen LogP contribution in [0.2, 0.25) is 0 Å². The molecule has 2 N–H and O–H groups in total. The number of thioether (sulfide) groups is 1. The Morgan fingerprint density at radius 2 is 2.00 bits per heavy atom. The number of aromatic nitrogens is 3. The number of nitrogens with one attached hydrogen (secondary N) is 1. The van der Waals surface area contributed by atoms with Crippen LogP contribution in [0, 0.1) is 0 Å². The summed E-state index contributed by atoms with van der Waals surface area (Å²) >= 11 is 1.56. The summed E-state index contributed by atoms with van der Waals surface area (Å²) in [5.41, 5.74) is 3.16. The van der Waals surface area contributed by atoms with E-state index in [1.165, 1.54) is 0 Å². The number of ether oxygens (including phenoxy) is 2. The van der Waals surface area contributed by atoms with Crippen molar-refractivity contribution in [2.24, 2.45) is 0 Å². The second-order valence-electron chi connectivity index (χ2n) is 6.89. The van der Waals surface area contributed by atoms with Crippen LogP contribution in [0.3, 0.4) is 0 Å². The number of unbranched alkanes of at least 4 members (excludes halogenated alkanes) is 1. The van der Waals surface area contributed by atoms with Crippen molar-refractivity contribution in [3.63, 3.8) is 0 Å². The number of hydrogen-bond donors (Lipinski definition) is 2. The lowest BCUT2D eigenvalue weighted by molar-refractivity contribution is -0.139. The quantitative estimate of drug-likeness (QED) is 0.391. The number of hydrogen-bond acceptors (Lipinski definition) is 8. The summed E-state index contributed by atoms with van der Waals surface area (Å²) in [5, 5.41) is 21.4. The zero-order valence-corrected chi connectivity index (χ0v) is 17.8. The topological polar surface area (TPSA) is 106 Å². The van der Waals surface area contributed by atoms with Crippen LogP contribution in [0.1, 0.15) is 31.6 Å². The van der Waals surface area contributed by atoms with E-state index >= 15 is 0 Å². The number of para-hydroxylation sites is 1. The Morgan fingerprint density at radius 3 is 2.77 bits per heavy atom. The van der Waals surface area contributed by atoms with E-state index in [1.807, 2.05) is 36.4 Å². The van der Waals surface area contributed by atoms with Crippen LogP contribution in [0.5, 0.6) is 11.6 Å². The zero-order valence-electron chi connectivity index (χ0n) is 16.9. The minimum Gasteiger partial charge on any atom is -0.482 e. The molecule has 0 spiro atoms. The molecule has 8 nitrogen and oxygen atoms in total. The molecule has 0 bridgehead atoms. The van der Waals surface area contributed by atoms with E-state index in [2.05, 4.69) is 27.4 Å². The maximum absolute atomic E-state index is 10.7. The van der Waals surface area contributed by atoms with Gasteiger partial charge in [0.05, 0.1) is 0 Å². The third-order valence-corrected chi connectivity index (χ3v) is 5.53. The van der Waals surface area contributed by atoms with Crippen LogP contribution in [0.4, 0.5) is 5.69 Å². The number of carboxylic acid groups (broad SMARTS) is 1. The van der Waals surface area contributed by atoms with Crippen LogP contribution < -0.4 is 14.8 Å². The van der Waals surface area contributed by atoms with Crippen molar-refractivity contribution in [3.8, 4) is 22.9 Å². The molecule has 2 heterocycles. The molecular weight excluding hydrogens is 416 g/mol. The first kappa shape index (κ1) is 20.9. The highest BCUT2D eigenvalue weighted by atomic mass is 32.2. The van der Waals surface area contributed by atoms with E-state index in [0.717, 1.165) is 35.4 Å². The molecule has 0 saturated heterocycles. The van der Waals surface area contributed by atoms with Gasteiger partial charge in [-0.05, 0) is 36.8 Å². The van der Waals surface area contributed by atoms with Crippen molar-refractivity contribution in [2.75, 3.05) is 17.7 Å². The van der Waals surface area contributed by atoms with Gasteiger partial charge in [0.15, 0.2) is 18.5 Å². The highest BCUT2D eigenvalue weighted by molar-refractivity contribution is 7.99. The number of nitrogens with zero attached hydrogens (tertiary/aromatic N) is 3. The average molecular weight is 439 g/mol. The molecule has 0 unspecified atom stereocenters. The predicted octanol–water partition coefficient (Wildman–Crippen LogP) is 4.40. The summed E-state index contributed by atoms with van der Waals surface area (Å²) in [6, 6.07) is 14.9. The van der Waals surface area contributed by atoms with E-state index in [4.69, 9.17) is 14.6 Å². The summed E-state index contributed by atoms with van der Waals surface area (Å²) in [5.74, 6) is 0.792. The molecule has 2 aromatic carbocycles. The Morgan fingerprint density at radius 1 is 1.19 bits per heavy atom. The van der Waals surface area contributed by atoms with Gasteiger partial charge in [-0.2, -0.15) is 4.98 Å². The first-order valence-corrected chi connectivity index (χ1v) is 11.0. The predicted molar refractivity (Wildman–Crippen MR) is 117 cm³/mol. The van der Waals surface area contributed by atoms with Gasteiger partial charge in [0.25, 0.3) is 0 Å². The van der Waals surface area contributed by atoms with Crippen molar-refractivity contribution in [2.45, 2.75) is 31.1 Å². The minimum atomic E-state index is -1.02. The van der Waals surface area contributed by atoms with E-state index in [9.17, 15) is 4.79 Å². The maximum atomic E-state index is 10.7. The number of aliphatic carboxylic acids is 1.